The molecule has 0 aliphatic heterocycles. The fourth-order valence-corrected chi connectivity index (χ4v) is 4.07. The number of aryl methyl sites for hydroxylation is 1. The third-order valence-corrected chi connectivity index (χ3v) is 5.48. The summed E-state index contributed by atoms with van der Waals surface area (Å²) in [7, 11) is -4.11. The predicted molar refractivity (Wildman–Crippen MR) is 106 cm³/mol. The first-order valence-electron chi connectivity index (χ1n) is 8.46. The molecule has 8 nitrogen and oxygen atoms in total. The van der Waals surface area contributed by atoms with Crippen LogP contribution in [0, 0.1) is 6.92 Å². The molecule has 144 valence electrons. The molecule has 0 fully saturated rings. The first-order valence-corrected chi connectivity index (χ1v) is 10.3. The van der Waals surface area contributed by atoms with Crippen molar-refractivity contribution in [2.75, 3.05) is 11.3 Å². The van der Waals surface area contributed by atoms with E-state index in [1.54, 1.807) is 31.2 Å². The fourth-order valence-electron chi connectivity index (χ4n) is 2.83. The quantitative estimate of drug-likeness (QED) is 0.534. The smallest absolute Gasteiger partial charge is 0.299 e. The molecule has 0 amide bonds. The van der Waals surface area contributed by atoms with E-state index in [-0.39, 0.29) is 16.5 Å². The minimum Gasteiger partial charge on any atom is -0.478 e. The van der Waals surface area contributed by atoms with Gasteiger partial charge in [0, 0.05) is 17.1 Å². The van der Waals surface area contributed by atoms with Gasteiger partial charge in [-0.05, 0) is 25.3 Å². The predicted octanol–water partition coefficient (Wildman–Crippen LogP) is 3.44. The monoisotopic (exact) mass is 417 g/mol. The average molecular weight is 418 g/mol. The molecule has 4 rings (SSSR count). The van der Waals surface area contributed by atoms with Gasteiger partial charge in [-0.1, -0.05) is 41.9 Å². The van der Waals surface area contributed by atoms with Gasteiger partial charge >= 0.3 is 0 Å². The second-order valence-electron chi connectivity index (χ2n) is 6.02. The molecule has 0 unspecified atom stereocenters. The van der Waals surface area contributed by atoms with E-state index in [0.29, 0.717) is 23.6 Å². The summed E-state index contributed by atoms with van der Waals surface area (Å²) in [5.74, 6) is 0.495. The van der Waals surface area contributed by atoms with Crippen molar-refractivity contribution < 1.29 is 13.2 Å². The van der Waals surface area contributed by atoms with Crippen molar-refractivity contribution in [3.63, 3.8) is 0 Å². The van der Waals surface area contributed by atoms with Gasteiger partial charge in [-0.15, -0.1) is 5.10 Å². The number of benzene rings is 2. The van der Waals surface area contributed by atoms with Gasteiger partial charge in [-0.25, -0.2) is 4.98 Å². The van der Waals surface area contributed by atoms with E-state index in [1.807, 2.05) is 25.1 Å². The van der Waals surface area contributed by atoms with Gasteiger partial charge in [-0.2, -0.15) is 17.9 Å². The number of hydrogen-bond donors (Lipinski definition) is 1. The fraction of sp³-hybridized carbons (Fsp3) is 0.167. The Kier molecular flexibility index (Phi) is 4.56. The SMILES string of the molecule is CCOc1cc(C)nc2nc(S(=O)(=O)Nc3c(Cl)ccc4ccccc34)nn12. The van der Waals surface area contributed by atoms with Gasteiger partial charge in [0.05, 0.1) is 17.3 Å². The molecule has 2 heterocycles. The van der Waals surface area contributed by atoms with Crippen LogP contribution >= 0.6 is 11.6 Å². The molecular weight excluding hydrogens is 402 g/mol. The summed E-state index contributed by atoms with van der Waals surface area (Å²) in [5.41, 5.74) is 0.908. The molecule has 0 radical (unpaired) electrons. The van der Waals surface area contributed by atoms with Gasteiger partial charge < -0.3 is 4.74 Å². The number of hydrogen-bond acceptors (Lipinski definition) is 6. The van der Waals surface area contributed by atoms with Crippen LogP contribution < -0.4 is 9.46 Å². The van der Waals surface area contributed by atoms with Gasteiger partial charge in [0.2, 0.25) is 5.88 Å². The highest BCUT2D eigenvalue weighted by atomic mass is 35.5. The Hall–Kier alpha value is -2.91. The molecule has 28 heavy (non-hydrogen) atoms. The Bertz CT molecular complexity index is 1300. The normalized spacial score (nSPS) is 11.8. The molecule has 0 bridgehead atoms. The highest BCUT2D eigenvalue weighted by molar-refractivity contribution is 7.92. The molecule has 1 N–H and O–H groups in total. The summed E-state index contributed by atoms with van der Waals surface area (Å²) in [4.78, 5) is 8.28. The van der Waals surface area contributed by atoms with Crippen molar-refractivity contribution in [3.05, 3.63) is 53.2 Å². The molecule has 10 heteroatoms. The van der Waals surface area contributed by atoms with E-state index >= 15 is 0 Å². The summed E-state index contributed by atoms with van der Waals surface area (Å²) in [6, 6.07) is 12.4. The number of ether oxygens (including phenoxy) is 1. The zero-order valence-electron chi connectivity index (χ0n) is 15.0. The Morgan fingerprint density at radius 2 is 1.96 bits per heavy atom. The molecule has 0 saturated heterocycles. The van der Waals surface area contributed by atoms with Crippen molar-refractivity contribution in [1.82, 2.24) is 19.6 Å². The minimum absolute atomic E-state index is 0.132. The van der Waals surface area contributed by atoms with Crippen LogP contribution in [-0.2, 0) is 10.0 Å². The summed E-state index contributed by atoms with van der Waals surface area (Å²) in [6.45, 7) is 3.98. The summed E-state index contributed by atoms with van der Waals surface area (Å²) in [5, 5.41) is 5.45. The van der Waals surface area contributed by atoms with Crippen LogP contribution in [0.4, 0.5) is 5.69 Å². The molecule has 0 atom stereocenters. The van der Waals surface area contributed by atoms with E-state index in [4.69, 9.17) is 16.3 Å². The molecule has 0 aliphatic carbocycles. The van der Waals surface area contributed by atoms with Crippen molar-refractivity contribution in [2.45, 2.75) is 19.0 Å². The Morgan fingerprint density at radius 1 is 1.18 bits per heavy atom. The molecular formula is C18H16ClN5O3S. The number of sulfonamides is 1. The molecule has 0 saturated carbocycles. The van der Waals surface area contributed by atoms with Crippen LogP contribution in [0.1, 0.15) is 12.6 Å². The number of rotatable bonds is 5. The number of fused-ring (bicyclic) bond motifs is 2. The van der Waals surface area contributed by atoms with Crippen molar-refractivity contribution >= 4 is 43.9 Å². The number of halogens is 1. The standard InChI is InChI=1S/C18H16ClN5O3S/c1-3-27-15-10-11(2)20-17-21-18(22-24(15)17)28(25,26)23-16-13-7-5-4-6-12(13)8-9-14(16)19/h4-10,23H,3H2,1-2H3. The average Bonchev–Trinajstić information content (AvgIpc) is 3.09. The first kappa shape index (κ1) is 18.5. The van der Waals surface area contributed by atoms with Crippen LogP contribution in [0.2, 0.25) is 5.02 Å². The highest BCUT2D eigenvalue weighted by Crippen LogP contribution is 2.32. The van der Waals surface area contributed by atoms with Crippen LogP contribution in [0.15, 0.2) is 47.6 Å². The first-order chi connectivity index (χ1) is 13.4. The van der Waals surface area contributed by atoms with Gasteiger partial charge in [0.15, 0.2) is 0 Å². The van der Waals surface area contributed by atoms with Crippen LogP contribution in [0.5, 0.6) is 5.88 Å². The van der Waals surface area contributed by atoms with Gasteiger partial charge in [-0.3, -0.25) is 4.72 Å². The maximum absolute atomic E-state index is 12.9. The third kappa shape index (κ3) is 3.23. The summed E-state index contributed by atoms with van der Waals surface area (Å²) < 4.78 is 35.2. The number of anilines is 1. The van der Waals surface area contributed by atoms with E-state index in [2.05, 4.69) is 19.8 Å². The summed E-state index contributed by atoms with van der Waals surface area (Å²) in [6.07, 6.45) is 0. The van der Waals surface area contributed by atoms with E-state index < -0.39 is 15.2 Å². The Morgan fingerprint density at radius 3 is 2.75 bits per heavy atom. The number of nitrogens with one attached hydrogen (secondary N) is 1. The Balaban J connectivity index is 1.82. The Labute approximate surface area is 166 Å². The molecule has 2 aromatic heterocycles. The topological polar surface area (TPSA) is 98.5 Å². The van der Waals surface area contributed by atoms with E-state index in [1.165, 1.54) is 4.52 Å². The molecule has 2 aromatic carbocycles. The molecule has 4 aromatic rings. The second kappa shape index (κ2) is 6.92. The van der Waals surface area contributed by atoms with Crippen LogP contribution in [0.3, 0.4) is 0 Å². The minimum atomic E-state index is -4.11. The highest BCUT2D eigenvalue weighted by Gasteiger charge is 2.24. The van der Waals surface area contributed by atoms with Crippen molar-refractivity contribution in [2.24, 2.45) is 0 Å². The van der Waals surface area contributed by atoms with Gasteiger partial charge in [0.25, 0.3) is 21.0 Å². The molecule has 0 spiro atoms. The van der Waals surface area contributed by atoms with Crippen molar-refractivity contribution in [3.8, 4) is 5.88 Å². The van der Waals surface area contributed by atoms with Crippen molar-refractivity contribution in [1.29, 1.82) is 0 Å². The lowest BCUT2D eigenvalue weighted by Gasteiger charge is -2.10. The van der Waals surface area contributed by atoms with Crippen LogP contribution in [0.25, 0.3) is 16.6 Å². The lowest BCUT2D eigenvalue weighted by atomic mass is 10.1. The maximum Gasteiger partial charge on any atom is 0.299 e. The van der Waals surface area contributed by atoms with Gasteiger partial charge in [0.1, 0.15) is 0 Å². The number of nitrogens with zero attached hydrogens (tertiary/aromatic N) is 4. The summed E-state index contributed by atoms with van der Waals surface area (Å²) >= 11 is 6.26. The number of aromatic nitrogens is 4. The molecule has 0 aliphatic rings. The lowest BCUT2D eigenvalue weighted by Crippen LogP contribution is -2.15. The largest absolute Gasteiger partial charge is 0.478 e. The second-order valence-corrected chi connectivity index (χ2v) is 8.01. The van der Waals surface area contributed by atoms with E-state index in [9.17, 15) is 8.42 Å². The zero-order valence-corrected chi connectivity index (χ0v) is 16.6. The third-order valence-electron chi connectivity index (χ3n) is 4.04. The zero-order chi connectivity index (χ0) is 19.9. The van der Waals surface area contributed by atoms with E-state index in [0.717, 1.165) is 5.39 Å². The van der Waals surface area contributed by atoms with Crippen LogP contribution in [-0.4, -0.2) is 34.6 Å². The lowest BCUT2D eigenvalue weighted by molar-refractivity contribution is 0.316. The maximum atomic E-state index is 12.9.